The molecule has 5 heteroatoms. The summed E-state index contributed by atoms with van der Waals surface area (Å²) in [5.74, 6) is -0.0897. The number of rotatable bonds is 3. The highest BCUT2D eigenvalue weighted by molar-refractivity contribution is 5.96. The van der Waals surface area contributed by atoms with Crippen molar-refractivity contribution in [2.45, 2.75) is 19.9 Å². The number of amides is 3. The molecule has 1 aromatic carbocycles. The van der Waals surface area contributed by atoms with Crippen molar-refractivity contribution in [1.29, 1.82) is 0 Å². The number of nitrogens with one attached hydrogen (secondary N) is 1. The highest BCUT2D eigenvalue weighted by Crippen LogP contribution is 2.13. The van der Waals surface area contributed by atoms with E-state index in [4.69, 9.17) is 5.73 Å². The summed E-state index contributed by atoms with van der Waals surface area (Å²) in [6, 6.07) is 6.16. The number of carbonyl (C=O) groups excluding carboxylic acids is 2. The minimum absolute atomic E-state index is 0.0897. The largest absolute Gasteiger partial charge is 0.351 e. The van der Waals surface area contributed by atoms with Gasteiger partial charge in [0.1, 0.15) is 0 Å². The number of hydrogen-bond donors (Lipinski definition) is 2. The van der Waals surface area contributed by atoms with Crippen LogP contribution in [0.3, 0.4) is 0 Å². The summed E-state index contributed by atoms with van der Waals surface area (Å²) in [5.41, 5.74) is 6.05. The molecule has 0 radical (unpaired) electrons. The average Bonchev–Trinajstić information content (AvgIpc) is 2.26. The normalized spacial score (nSPS) is 10.1. The Balaban J connectivity index is 2.91. The van der Waals surface area contributed by atoms with Gasteiger partial charge in [-0.3, -0.25) is 4.79 Å². The fourth-order valence-electron chi connectivity index (χ4n) is 1.31. The second-order valence-corrected chi connectivity index (χ2v) is 4.08. The summed E-state index contributed by atoms with van der Waals surface area (Å²) >= 11 is 0. The smallest absolute Gasteiger partial charge is 0.316 e. The number of benzene rings is 1. The van der Waals surface area contributed by atoms with Crippen LogP contribution in [0.1, 0.15) is 24.2 Å². The van der Waals surface area contributed by atoms with E-state index in [-0.39, 0.29) is 11.9 Å². The topological polar surface area (TPSA) is 75.4 Å². The van der Waals surface area contributed by atoms with E-state index in [1.54, 1.807) is 36.2 Å². The van der Waals surface area contributed by atoms with Crippen LogP contribution < -0.4 is 11.1 Å². The fourth-order valence-corrected chi connectivity index (χ4v) is 1.31. The summed E-state index contributed by atoms with van der Waals surface area (Å²) in [5, 5.41) is 2.44. The Kier molecular flexibility index (Phi) is 4.09. The summed E-state index contributed by atoms with van der Waals surface area (Å²) in [6.45, 7) is 3.87. The van der Waals surface area contributed by atoms with Gasteiger partial charge in [0, 0.05) is 24.3 Å². The molecule has 0 unspecified atom stereocenters. The van der Waals surface area contributed by atoms with E-state index in [1.165, 1.54) is 0 Å². The summed E-state index contributed by atoms with van der Waals surface area (Å²) in [6.07, 6.45) is 0. The monoisotopic (exact) mass is 235 g/mol. The first-order valence-corrected chi connectivity index (χ1v) is 5.35. The molecule has 0 aliphatic carbocycles. The maximum absolute atomic E-state index is 12.0. The Hall–Kier alpha value is -2.04. The third kappa shape index (κ3) is 3.48. The van der Waals surface area contributed by atoms with Crippen molar-refractivity contribution >= 4 is 17.6 Å². The molecule has 0 aromatic heterocycles. The number of urea groups is 1. The van der Waals surface area contributed by atoms with Gasteiger partial charge in [-0.1, -0.05) is 6.07 Å². The first-order valence-electron chi connectivity index (χ1n) is 5.35. The molecule has 0 heterocycles. The van der Waals surface area contributed by atoms with Gasteiger partial charge in [0.05, 0.1) is 0 Å². The molecule has 3 amide bonds. The van der Waals surface area contributed by atoms with Crippen LogP contribution >= 0.6 is 0 Å². The van der Waals surface area contributed by atoms with E-state index in [0.717, 1.165) is 0 Å². The molecule has 1 rings (SSSR count). The van der Waals surface area contributed by atoms with Crippen LogP contribution in [0.15, 0.2) is 24.3 Å². The quantitative estimate of drug-likeness (QED) is 0.836. The molecule has 0 fully saturated rings. The highest BCUT2D eigenvalue weighted by atomic mass is 16.2. The van der Waals surface area contributed by atoms with Crippen LogP contribution in [-0.4, -0.2) is 29.9 Å². The van der Waals surface area contributed by atoms with E-state index in [9.17, 15) is 9.59 Å². The summed E-state index contributed by atoms with van der Waals surface area (Å²) < 4.78 is 0. The zero-order chi connectivity index (χ0) is 13.0. The number of nitrogens with two attached hydrogens (primary N) is 1. The second kappa shape index (κ2) is 5.34. The molecule has 0 saturated heterocycles. The average molecular weight is 235 g/mol. The number of nitrogens with zero attached hydrogens (tertiary/aromatic N) is 1. The number of primary amides is 1. The standard InChI is InChI=1S/C12H17N3O2/c1-8(2)15(3)11(16)9-5-4-6-10(7-9)14-12(13)17/h4-8H,1-3H3,(H3,13,14,17). The Morgan fingerprint density at radius 3 is 2.53 bits per heavy atom. The van der Waals surface area contributed by atoms with Gasteiger partial charge in [-0.15, -0.1) is 0 Å². The Morgan fingerprint density at radius 2 is 2.00 bits per heavy atom. The van der Waals surface area contributed by atoms with E-state index in [0.29, 0.717) is 11.3 Å². The Morgan fingerprint density at radius 1 is 1.35 bits per heavy atom. The molecule has 1 aromatic rings. The van der Waals surface area contributed by atoms with E-state index < -0.39 is 6.03 Å². The molecule has 17 heavy (non-hydrogen) atoms. The first-order chi connectivity index (χ1) is 7.91. The maximum Gasteiger partial charge on any atom is 0.316 e. The summed E-state index contributed by atoms with van der Waals surface area (Å²) in [4.78, 5) is 24.3. The number of hydrogen-bond acceptors (Lipinski definition) is 2. The zero-order valence-corrected chi connectivity index (χ0v) is 10.2. The Labute approximate surface area is 101 Å². The van der Waals surface area contributed by atoms with Crippen LogP contribution in [0, 0.1) is 0 Å². The zero-order valence-electron chi connectivity index (χ0n) is 10.2. The van der Waals surface area contributed by atoms with Crippen molar-refractivity contribution in [3.8, 4) is 0 Å². The highest BCUT2D eigenvalue weighted by Gasteiger charge is 2.14. The van der Waals surface area contributed by atoms with Gasteiger partial charge in [-0.2, -0.15) is 0 Å². The van der Waals surface area contributed by atoms with E-state index >= 15 is 0 Å². The molecule has 0 saturated carbocycles. The Bertz CT molecular complexity index is 430. The molecule has 0 aliphatic heterocycles. The van der Waals surface area contributed by atoms with Crippen molar-refractivity contribution < 1.29 is 9.59 Å². The van der Waals surface area contributed by atoms with Crippen molar-refractivity contribution in [2.24, 2.45) is 5.73 Å². The minimum Gasteiger partial charge on any atom is -0.351 e. The lowest BCUT2D eigenvalue weighted by Gasteiger charge is -2.21. The number of carbonyl (C=O) groups is 2. The lowest BCUT2D eigenvalue weighted by atomic mass is 10.1. The van der Waals surface area contributed by atoms with Gasteiger partial charge in [-0.05, 0) is 32.0 Å². The van der Waals surface area contributed by atoms with Gasteiger partial charge in [0.25, 0.3) is 5.91 Å². The molecule has 0 aliphatic rings. The molecular weight excluding hydrogens is 218 g/mol. The number of anilines is 1. The predicted octanol–water partition coefficient (Wildman–Crippen LogP) is 1.66. The molecule has 5 nitrogen and oxygen atoms in total. The van der Waals surface area contributed by atoms with Gasteiger partial charge >= 0.3 is 6.03 Å². The van der Waals surface area contributed by atoms with Crippen molar-refractivity contribution in [3.63, 3.8) is 0 Å². The first kappa shape index (κ1) is 13.0. The SMILES string of the molecule is CC(C)N(C)C(=O)c1cccc(NC(N)=O)c1. The molecule has 0 atom stereocenters. The van der Waals surface area contributed by atoms with Crippen molar-refractivity contribution in [1.82, 2.24) is 4.90 Å². The third-order valence-electron chi connectivity index (χ3n) is 2.47. The van der Waals surface area contributed by atoms with Crippen LogP contribution in [0.2, 0.25) is 0 Å². The van der Waals surface area contributed by atoms with Crippen LogP contribution in [0.4, 0.5) is 10.5 Å². The summed E-state index contributed by atoms with van der Waals surface area (Å²) in [7, 11) is 1.74. The lowest BCUT2D eigenvalue weighted by Crippen LogP contribution is -2.33. The lowest BCUT2D eigenvalue weighted by molar-refractivity contribution is 0.0755. The van der Waals surface area contributed by atoms with Crippen LogP contribution in [-0.2, 0) is 0 Å². The van der Waals surface area contributed by atoms with Gasteiger partial charge in [0.2, 0.25) is 0 Å². The second-order valence-electron chi connectivity index (χ2n) is 4.08. The van der Waals surface area contributed by atoms with Crippen LogP contribution in [0.5, 0.6) is 0 Å². The molecular formula is C12H17N3O2. The van der Waals surface area contributed by atoms with Crippen molar-refractivity contribution in [3.05, 3.63) is 29.8 Å². The molecule has 0 spiro atoms. The third-order valence-corrected chi connectivity index (χ3v) is 2.47. The van der Waals surface area contributed by atoms with Gasteiger partial charge in [-0.25, -0.2) is 4.79 Å². The van der Waals surface area contributed by atoms with E-state index in [2.05, 4.69) is 5.32 Å². The van der Waals surface area contributed by atoms with E-state index in [1.807, 2.05) is 13.8 Å². The van der Waals surface area contributed by atoms with Crippen molar-refractivity contribution in [2.75, 3.05) is 12.4 Å². The van der Waals surface area contributed by atoms with Gasteiger partial charge in [0.15, 0.2) is 0 Å². The minimum atomic E-state index is -0.646. The van der Waals surface area contributed by atoms with Gasteiger partial charge < -0.3 is 16.0 Å². The predicted molar refractivity (Wildman–Crippen MR) is 66.9 cm³/mol. The maximum atomic E-state index is 12.0. The molecule has 3 N–H and O–H groups in total. The molecule has 0 bridgehead atoms. The van der Waals surface area contributed by atoms with Crippen LogP contribution in [0.25, 0.3) is 0 Å². The fraction of sp³-hybridized carbons (Fsp3) is 0.333. The molecule has 92 valence electrons.